The van der Waals surface area contributed by atoms with Crippen LogP contribution in [-0.4, -0.2) is 31.9 Å². The van der Waals surface area contributed by atoms with Crippen LogP contribution in [0.4, 0.5) is 0 Å². The van der Waals surface area contributed by atoms with Crippen molar-refractivity contribution in [2.24, 2.45) is 0 Å². The average molecular weight is 254 g/mol. The van der Waals surface area contributed by atoms with E-state index in [0.717, 1.165) is 0 Å². The molecule has 0 atom stereocenters. The molecule has 0 saturated heterocycles. The van der Waals surface area contributed by atoms with Gasteiger partial charge in [0, 0.05) is 6.42 Å². The summed E-state index contributed by atoms with van der Waals surface area (Å²) in [4.78, 5) is 10.4. The first kappa shape index (κ1) is 14.2. The monoisotopic (exact) mass is 254 g/mol. The molecular weight excluding hydrogens is 236 g/mol. The second-order valence-corrected chi connectivity index (χ2v) is 3.69. The zero-order valence-corrected chi connectivity index (χ0v) is 10.6. The van der Waals surface area contributed by atoms with E-state index < -0.39 is 5.97 Å². The zero-order chi connectivity index (χ0) is 13.4. The minimum absolute atomic E-state index is 0.159. The van der Waals surface area contributed by atoms with Gasteiger partial charge in [-0.1, -0.05) is 6.07 Å². The molecule has 1 N–H and O–H groups in total. The molecule has 0 fully saturated rings. The van der Waals surface area contributed by atoms with Crippen LogP contribution in [0.15, 0.2) is 18.2 Å². The highest BCUT2D eigenvalue weighted by Gasteiger charge is 2.10. The quantitative estimate of drug-likeness (QED) is 0.721. The van der Waals surface area contributed by atoms with Crippen LogP contribution in [0.3, 0.4) is 0 Å². The van der Waals surface area contributed by atoms with Gasteiger partial charge in [0.15, 0.2) is 11.5 Å². The van der Waals surface area contributed by atoms with Crippen LogP contribution in [0.5, 0.6) is 17.2 Å². The van der Waals surface area contributed by atoms with E-state index in [4.69, 9.17) is 19.3 Å². The number of carboxylic acids is 1. The molecular formula is C13H18O5. The van der Waals surface area contributed by atoms with Crippen molar-refractivity contribution in [1.29, 1.82) is 0 Å². The molecule has 100 valence electrons. The van der Waals surface area contributed by atoms with Gasteiger partial charge in [-0.25, -0.2) is 0 Å². The molecule has 1 aromatic carbocycles. The SMILES string of the molecule is COc1cccc(OC)c1OCCCCC(=O)O. The number of methoxy groups -OCH3 is 2. The van der Waals surface area contributed by atoms with Crippen LogP contribution in [0.25, 0.3) is 0 Å². The Bertz CT molecular complexity index is 367. The lowest BCUT2D eigenvalue weighted by Gasteiger charge is -2.13. The van der Waals surface area contributed by atoms with Gasteiger partial charge in [-0.15, -0.1) is 0 Å². The van der Waals surface area contributed by atoms with E-state index in [1.54, 1.807) is 26.4 Å². The highest BCUT2D eigenvalue weighted by molar-refractivity contribution is 5.66. The van der Waals surface area contributed by atoms with Gasteiger partial charge in [-0.3, -0.25) is 4.79 Å². The molecule has 0 spiro atoms. The Labute approximate surface area is 106 Å². The van der Waals surface area contributed by atoms with Gasteiger partial charge in [-0.2, -0.15) is 0 Å². The molecule has 0 amide bonds. The highest BCUT2D eigenvalue weighted by Crippen LogP contribution is 2.36. The van der Waals surface area contributed by atoms with Crippen LogP contribution in [0.1, 0.15) is 19.3 Å². The normalized spacial score (nSPS) is 9.89. The van der Waals surface area contributed by atoms with Gasteiger partial charge < -0.3 is 19.3 Å². The summed E-state index contributed by atoms with van der Waals surface area (Å²) in [7, 11) is 3.12. The third-order valence-electron chi connectivity index (χ3n) is 2.41. The number of ether oxygens (including phenoxy) is 3. The van der Waals surface area contributed by atoms with E-state index in [-0.39, 0.29) is 6.42 Å². The van der Waals surface area contributed by atoms with Crippen LogP contribution >= 0.6 is 0 Å². The Morgan fingerprint density at radius 2 is 1.78 bits per heavy atom. The predicted molar refractivity (Wildman–Crippen MR) is 66.5 cm³/mol. The van der Waals surface area contributed by atoms with Crippen LogP contribution in [-0.2, 0) is 4.79 Å². The summed E-state index contributed by atoms with van der Waals surface area (Å²) in [5, 5.41) is 8.51. The Hall–Kier alpha value is -1.91. The Morgan fingerprint density at radius 1 is 1.17 bits per heavy atom. The molecule has 0 bridgehead atoms. The Morgan fingerprint density at radius 3 is 2.28 bits per heavy atom. The minimum atomic E-state index is -0.787. The summed E-state index contributed by atoms with van der Waals surface area (Å²) in [5.74, 6) is 0.975. The summed E-state index contributed by atoms with van der Waals surface area (Å²) in [6.45, 7) is 0.435. The van der Waals surface area contributed by atoms with Crippen LogP contribution < -0.4 is 14.2 Å². The predicted octanol–water partition coefficient (Wildman–Crippen LogP) is 2.34. The number of para-hydroxylation sites is 1. The second kappa shape index (κ2) is 7.42. The second-order valence-electron chi connectivity index (χ2n) is 3.69. The van der Waals surface area contributed by atoms with E-state index in [1.807, 2.05) is 6.07 Å². The topological polar surface area (TPSA) is 65.0 Å². The van der Waals surface area contributed by atoms with Crippen molar-refractivity contribution in [3.8, 4) is 17.2 Å². The van der Waals surface area contributed by atoms with Gasteiger partial charge in [0.2, 0.25) is 5.75 Å². The molecule has 0 heterocycles. The summed E-state index contributed by atoms with van der Waals surface area (Å²) in [6.07, 6.45) is 1.42. The van der Waals surface area contributed by atoms with Crippen LogP contribution in [0.2, 0.25) is 0 Å². The first-order valence-corrected chi connectivity index (χ1v) is 5.74. The van der Waals surface area contributed by atoms with E-state index >= 15 is 0 Å². The number of hydrogen-bond donors (Lipinski definition) is 1. The maximum atomic E-state index is 10.4. The number of rotatable bonds is 8. The van der Waals surface area contributed by atoms with Gasteiger partial charge in [0.1, 0.15) is 0 Å². The molecule has 0 radical (unpaired) electrons. The van der Waals surface area contributed by atoms with Gasteiger partial charge in [-0.05, 0) is 25.0 Å². The highest BCUT2D eigenvalue weighted by atomic mass is 16.5. The van der Waals surface area contributed by atoms with Crippen molar-refractivity contribution >= 4 is 5.97 Å². The largest absolute Gasteiger partial charge is 0.493 e. The van der Waals surface area contributed by atoms with Crippen molar-refractivity contribution in [2.75, 3.05) is 20.8 Å². The number of unbranched alkanes of at least 4 members (excludes halogenated alkanes) is 1. The third-order valence-corrected chi connectivity index (χ3v) is 2.41. The maximum Gasteiger partial charge on any atom is 0.303 e. The van der Waals surface area contributed by atoms with Crippen molar-refractivity contribution in [3.63, 3.8) is 0 Å². The van der Waals surface area contributed by atoms with E-state index in [9.17, 15) is 4.79 Å². The number of benzene rings is 1. The third kappa shape index (κ3) is 4.16. The number of hydrogen-bond acceptors (Lipinski definition) is 4. The first-order chi connectivity index (χ1) is 8.69. The molecule has 0 unspecified atom stereocenters. The lowest BCUT2D eigenvalue weighted by Crippen LogP contribution is -2.02. The van der Waals surface area contributed by atoms with Crippen molar-refractivity contribution in [1.82, 2.24) is 0 Å². The summed E-state index contributed by atoms with van der Waals surface area (Å²) in [5.41, 5.74) is 0. The number of carboxylic acid groups (broad SMARTS) is 1. The molecule has 0 aliphatic carbocycles. The summed E-state index contributed by atoms with van der Waals surface area (Å²) < 4.78 is 16.0. The minimum Gasteiger partial charge on any atom is -0.493 e. The number of aliphatic carboxylic acids is 1. The molecule has 1 aromatic rings. The standard InChI is InChI=1S/C13H18O5/c1-16-10-6-5-7-11(17-2)13(10)18-9-4-3-8-12(14)15/h5-7H,3-4,8-9H2,1-2H3,(H,14,15). The molecule has 0 aromatic heterocycles. The maximum absolute atomic E-state index is 10.4. The lowest BCUT2D eigenvalue weighted by molar-refractivity contribution is -0.137. The van der Waals surface area contributed by atoms with Gasteiger partial charge in [0.25, 0.3) is 0 Å². The fourth-order valence-electron chi connectivity index (χ4n) is 1.51. The van der Waals surface area contributed by atoms with E-state index in [1.165, 1.54) is 0 Å². The smallest absolute Gasteiger partial charge is 0.303 e. The molecule has 1 rings (SSSR count). The van der Waals surface area contributed by atoms with Crippen molar-refractivity contribution < 1.29 is 24.1 Å². The number of carbonyl (C=O) groups is 1. The Balaban J connectivity index is 2.52. The van der Waals surface area contributed by atoms with E-state index in [0.29, 0.717) is 36.7 Å². The van der Waals surface area contributed by atoms with Crippen molar-refractivity contribution in [2.45, 2.75) is 19.3 Å². The van der Waals surface area contributed by atoms with Gasteiger partial charge in [0.05, 0.1) is 20.8 Å². The molecule has 5 nitrogen and oxygen atoms in total. The molecule has 0 saturated carbocycles. The lowest BCUT2D eigenvalue weighted by atomic mass is 10.2. The zero-order valence-electron chi connectivity index (χ0n) is 10.6. The Kier molecular flexibility index (Phi) is 5.84. The van der Waals surface area contributed by atoms with Crippen LogP contribution in [0, 0.1) is 0 Å². The van der Waals surface area contributed by atoms with Crippen molar-refractivity contribution in [3.05, 3.63) is 18.2 Å². The molecule has 0 aliphatic rings. The molecule has 5 heteroatoms. The van der Waals surface area contributed by atoms with E-state index in [2.05, 4.69) is 0 Å². The summed E-state index contributed by atoms with van der Waals surface area (Å²) in [6, 6.07) is 5.39. The molecule has 18 heavy (non-hydrogen) atoms. The summed E-state index contributed by atoms with van der Waals surface area (Å²) >= 11 is 0. The van der Waals surface area contributed by atoms with Gasteiger partial charge >= 0.3 is 5.97 Å². The molecule has 0 aliphatic heterocycles. The average Bonchev–Trinajstić information content (AvgIpc) is 2.37. The fourth-order valence-corrected chi connectivity index (χ4v) is 1.51. The first-order valence-electron chi connectivity index (χ1n) is 5.74. The fraction of sp³-hybridized carbons (Fsp3) is 0.462.